The molecule has 0 saturated heterocycles. The van der Waals surface area contributed by atoms with Crippen molar-refractivity contribution in [3.63, 3.8) is 0 Å². The largest absolute Gasteiger partial charge is 0.465 e. The molecule has 0 aromatic heterocycles. The van der Waals surface area contributed by atoms with Crippen LogP contribution in [-0.4, -0.2) is 17.2 Å². The molecule has 21 heavy (non-hydrogen) atoms. The zero-order chi connectivity index (χ0) is 16.6. The van der Waals surface area contributed by atoms with Gasteiger partial charge in [-0.3, -0.25) is 4.90 Å². The molecule has 0 atom stereocenters. The van der Waals surface area contributed by atoms with E-state index in [0.717, 1.165) is 16.8 Å². The van der Waals surface area contributed by atoms with Crippen molar-refractivity contribution in [1.29, 1.82) is 0 Å². The van der Waals surface area contributed by atoms with Gasteiger partial charge < -0.3 is 5.11 Å². The van der Waals surface area contributed by atoms with Crippen LogP contribution in [0.2, 0.25) is 0 Å². The summed E-state index contributed by atoms with van der Waals surface area (Å²) in [5.41, 5.74) is 3.05. The number of nitrogens with zero attached hydrogens (tertiary/aromatic N) is 1. The van der Waals surface area contributed by atoms with Crippen molar-refractivity contribution in [2.75, 3.05) is 4.90 Å². The lowest BCUT2D eigenvalue weighted by molar-refractivity contribution is 0.200. The summed E-state index contributed by atoms with van der Waals surface area (Å²) in [4.78, 5) is 13.0. The molecule has 0 saturated carbocycles. The molecular weight excluding hydrogens is 262 g/mol. The number of carboxylic acid groups (broad SMARTS) is 1. The molecule has 1 amide bonds. The number of hydrogen-bond acceptors (Lipinski definition) is 1. The molecule has 0 fully saturated rings. The van der Waals surface area contributed by atoms with Gasteiger partial charge in [-0.05, 0) is 47.9 Å². The molecule has 3 nitrogen and oxygen atoms in total. The Kier molecular flexibility index (Phi) is 4.76. The predicted molar refractivity (Wildman–Crippen MR) is 89.5 cm³/mol. The van der Waals surface area contributed by atoms with E-state index >= 15 is 0 Å². The van der Waals surface area contributed by atoms with Crippen molar-refractivity contribution in [3.05, 3.63) is 29.3 Å². The standard InChI is InChI=1S/C18H29NO2/c1-12(2)19(16(20)21)15-10-13(17(3,4)5)9-14(11-15)18(6,7)8/h9-12H,1-8H3,(H,20,21). The molecule has 0 radical (unpaired) electrons. The van der Waals surface area contributed by atoms with Crippen molar-refractivity contribution < 1.29 is 9.90 Å². The van der Waals surface area contributed by atoms with E-state index in [9.17, 15) is 9.90 Å². The second kappa shape index (κ2) is 5.70. The summed E-state index contributed by atoms with van der Waals surface area (Å²) in [5.74, 6) is 0. The number of amides is 1. The van der Waals surface area contributed by atoms with Crippen LogP contribution >= 0.6 is 0 Å². The van der Waals surface area contributed by atoms with E-state index in [4.69, 9.17) is 0 Å². The average Bonchev–Trinajstić information content (AvgIpc) is 2.25. The van der Waals surface area contributed by atoms with Gasteiger partial charge in [-0.2, -0.15) is 0 Å². The van der Waals surface area contributed by atoms with Crippen LogP contribution in [0.1, 0.15) is 66.5 Å². The first-order valence-electron chi connectivity index (χ1n) is 7.52. The minimum atomic E-state index is -0.907. The number of rotatable bonds is 2. The van der Waals surface area contributed by atoms with Crippen LogP contribution in [0.3, 0.4) is 0 Å². The molecule has 3 heteroatoms. The summed E-state index contributed by atoms with van der Waals surface area (Å²) in [6.07, 6.45) is -0.907. The van der Waals surface area contributed by atoms with Crippen LogP contribution in [0.4, 0.5) is 10.5 Å². The Morgan fingerprint density at radius 3 is 1.57 bits per heavy atom. The first-order valence-corrected chi connectivity index (χ1v) is 7.52. The molecule has 1 aromatic carbocycles. The fourth-order valence-electron chi connectivity index (χ4n) is 2.25. The lowest BCUT2D eigenvalue weighted by Gasteiger charge is -2.30. The lowest BCUT2D eigenvalue weighted by Crippen LogP contribution is -2.36. The van der Waals surface area contributed by atoms with Gasteiger partial charge in [-0.15, -0.1) is 0 Å². The summed E-state index contributed by atoms with van der Waals surface area (Å²) in [7, 11) is 0. The summed E-state index contributed by atoms with van der Waals surface area (Å²) in [6, 6.07) is 6.11. The van der Waals surface area contributed by atoms with Crippen molar-refractivity contribution >= 4 is 11.8 Å². The zero-order valence-corrected chi connectivity index (χ0v) is 14.6. The first kappa shape index (κ1) is 17.5. The number of anilines is 1. The average molecular weight is 291 g/mol. The van der Waals surface area contributed by atoms with Crippen molar-refractivity contribution in [2.45, 2.75) is 72.3 Å². The van der Waals surface area contributed by atoms with Crippen LogP contribution in [0, 0.1) is 0 Å². The zero-order valence-electron chi connectivity index (χ0n) is 14.6. The quantitative estimate of drug-likeness (QED) is 0.816. The van der Waals surface area contributed by atoms with Crippen LogP contribution < -0.4 is 4.90 Å². The number of hydrogen-bond donors (Lipinski definition) is 1. The normalized spacial score (nSPS) is 12.6. The van der Waals surface area contributed by atoms with Gasteiger partial charge in [-0.1, -0.05) is 47.6 Å². The van der Waals surface area contributed by atoms with Crippen LogP contribution in [0.5, 0.6) is 0 Å². The number of carbonyl (C=O) groups is 1. The molecule has 0 heterocycles. The first-order chi connectivity index (χ1) is 9.34. The molecule has 0 aliphatic heterocycles. The minimum Gasteiger partial charge on any atom is -0.465 e. The molecule has 0 bridgehead atoms. The Bertz CT molecular complexity index is 487. The summed E-state index contributed by atoms with van der Waals surface area (Å²) in [6.45, 7) is 16.7. The van der Waals surface area contributed by atoms with Gasteiger partial charge in [0.2, 0.25) is 0 Å². The fourth-order valence-corrected chi connectivity index (χ4v) is 2.25. The molecule has 1 N–H and O–H groups in total. The second-order valence-corrected chi connectivity index (χ2v) is 8.01. The Balaban J connectivity index is 3.55. The monoisotopic (exact) mass is 291 g/mol. The van der Waals surface area contributed by atoms with E-state index in [1.165, 1.54) is 4.90 Å². The Hall–Kier alpha value is -1.51. The molecule has 1 rings (SSSR count). The van der Waals surface area contributed by atoms with Crippen LogP contribution in [0.15, 0.2) is 18.2 Å². The second-order valence-electron chi connectivity index (χ2n) is 8.01. The summed E-state index contributed by atoms with van der Waals surface area (Å²) < 4.78 is 0. The molecule has 118 valence electrons. The Labute approximate surface area is 129 Å². The Morgan fingerprint density at radius 2 is 1.33 bits per heavy atom. The SMILES string of the molecule is CC(C)N(C(=O)O)c1cc(C(C)(C)C)cc(C(C)(C)C)c1. The highest BCUT2D eigenvalue weighted by molar-refractivity contribution is 5.87. The predicted octanol–water partition coefficient (Wildman–Crippen LogP) is 5.17. The topological polar surface area (TPSA) is 40.5 Å². The van der Waals surface area contributed by atoms with Crippen molar-refractivity contribution in [2.24, 2.45) is 0 Å². The van der Waals surface area contributed by atoms with Gasteiger partial charge in [-0.25, -0.2) is 4.79 Å². The van der Waals surface area contributed by atoms with Crippen molar-refractivity contribution in [1.82, 2.24) is 0 Å². The van der Waals surface area contributed by atoms with E-state index in [0.29, 0.717) is 0 Å². The maximum Gasteiger partial charge on any atom is 0.412 e. The third-order valence-corrected chi connectivity index (χ3v) is 3.65. The van der Waals surface area contributed by atoms with Gasteiger partial charge in [0.05, 0.1) is 0 Å². The number of benzene rings is 1. The highest BCUT2D eigenvalue weighted by Gasteiger charge is 2.25. The van der Waals surface area contributed by atoms with Gasteiger partial charge in [0, 0.05) is 11.7 Å². The van der Waals surface area contributed by atoms with Gasteiger partial charge >= 0.3 is 6.09 Å². The van der Waals surface area contributed by atoms with Gasteiger partial charge in [0.1, 0.15) is 0 Å². The van der Waals surface area contributed by atoms with E-state index < -0.39 is 6.09 Å². The molecule has 0 aliphatic carbocycles. The smallest absolute Gasteiger partial charge is 0.412 e. The molecule has 0 spiro atoms. The fraction of sp³-hybridized carbons (Fsp3) is 0.611. The minimum absolute atomic E-state index is 0.0167. The van der Waals surface area contributed by atoms with E-state index in [-0.39, 0.29) is 16.9 Å². The van der Waals surface area contributed by atoms with Gasteiger partial charge in [0.15, 0.2) is 0 Å². The van der Waals surface area contributed by atoms with Crippen LogP contribution in [-0.2, 0) is 10.8 Å². The van der Waals surface area contributed by atoms with E-state index in [1.807, 2.05) is 26.0 Å². The van der Waals surface area contributed by atoms with Gasteiger partial charge in [0.25, 0.3) is 0 Å². The highest BCUT2D eigenvalue weighted by Crippen LogP contribution is 2.33. The maximum absolute atomic E-state index is 11.6. The van der Waals surface area contributed by atoms with Crippen molar-refractivity contribution in [3.8, 4) is 0 Å². The molecular formula is C18H29NO2. The highest BCUT2D eigenvalue weighted by atomic mass is 16.4. The van der Waals surface area contributed by atoms with Crippen LogP contribution in [0.25, 0.3) is 0 Å². The summed E-state index contributed by atoms with van der Waals surface area (Å²) >= 11 is 0. The van der Waals surface area contributed by atoms with E-state index in [1.54, 1.807) is 0 Å². The molecule has 1 aromatic rings. The summed E-state index contributed by atoms with van der Waals surface area (Å²) in [5, 5.41) is 9.51. The van der Waals surface area contributed by atoms with E-state index in [2.05, 4.69) is 47.6 Å². The molecule has 0 unspecified atom stereocenters. The third-order valence-electron chi connectivity index (χ3n) is 3.65. The lowest BCUT2D eigenvalue weighted by atomic mass is 9.80. The third kappa shape index (κ3) is 4.23. The molecule has 0 aliphatic rings. The Morgan fingerprint density at radius 1 is 0.952 bits per heavy atom. The maximum atomic E-state index is 11.6.